The van der Waals surface area contributed by atoms with Crippen LogP contribution in [0.5, 0.6) is 0 Å². The van der Waals surface area contributed by atoms with E-state index in [1.54, 1.807) is 6.07 Å². The van der Waals surface area contributed by atoms with Gasteiger partial charge in [-0.25, -0.2) is 0 Å². The molecule has 1 nitrogen and oxygen atoms in total. The van der Waals surface area contributed by atoms with Crippen LogP contribution in [0.25, 0.3) is 0 Å². The summed E-state index contributed by atoms with van der Waals surface area (Å²) >= 11 is 2.73. The summed E-state index contributed by atoms with van der Waals surface area (Å²) < 4.78 is 36.5. The Morgan fingerprint density at radius 1 is 1.36 bits per heavy atom. The van der Waals surface area contributed by atoms with Crippen molar-refractivity contribution < 1.29 is 13.2 Å². The Kier molecular flexibility index (Phi) is 3.45. The first-order valence-corrected chi connectivity index (χ1v) is 4.99. The zero-order valence-electron chi connectivity index (χ0n) is 6.60. The van der Waals surface area contributed by atoms with Gasteiger partial charge in [-0.3, -0.25) is 0 Å². The van der Waals surface area contributed by atoms with Crippen molar-refractivity contribution >= 4 is 27.7 Å². The van der Waals surface area contributed by atoms with E-state index in [0.717, 1.165) is 0 Å². The highest BCUT2D eigenvalue weighted by Gasteiger charge is 2.30. The lowest BCUT2D eigenvalue weighted by Gasteiger charge is -2.07. The van der Waals surface area contributed by atoms with E-state index in [1.165, 1.54) is 18.2 Å². The van der Waals surface area contributed by atoms with Gasteiger partial charge >= 0.3 is 5.51 Å². The molecule has 0 saturated carbocycles. The molecule has 0 saturated heterocycles. The number of nitriles is 1. The molecule has 0 unspecified atom stereocenters. The summed E-state index contributed by atoms with van der Waals surface area (Å²) in [5.41, 5.74) is -4.36. The summed E-state index contributed by atoms with van der Waals surface area (Å²) in [7, 11) is 0. The fourth-order valence-corrected chi connectivity index (χ4v) is 2.06. The van der Waals surface area contributed by atoms with Gasteiger partial charge in [0.25, 0.3) is 0 Å². The molecule has 0 atom stereocenters. The molecule has 0 radical (unpaired) electrons. The van der Waals surface area contributed by atoms with E-state index in [4.69, 9.17) is 5.26 Å². The number of hydrogen-bond acceptors (Lipinski definition) is 2. The molecule has 0 aromatic heterocycles. The summed E-state index contributed by atoms with van der Waals surface area (Å²) in [5, 5.41) is 8.64. The Bertz CT molecular complexity index is 383. The van der Waals surface area contributed by atoms with Gasteiger partial charge in [0.15, 0.2) is 0 Å². The quantitative estimate of drug-likeness (QED) is 0.728. The first-order valence-electron chi connectivity index (χ1n) is 3.38. The first kappa shape index (κ1) is 11.4. The number of thioether (sulfide) groups is 1. The topological polar surface area (TPSA) is 23.8 Å². The number of hydrogen-bond donors (Lipinski definition) is 0. The molecule has 0 aliphatic heterocycles. The van der Waals surface area contributed by atoms with Gasteiger partial charge in [-0.05, 0) is 39.8 Å². The Morgan fingerprint density at radius 2 is 2.00 bits per heavy atom. The highest BCUT2D eigenvalue weighted by Crippen LogP contribution is 2.39. The van der Waals surface area contributed by atoms with Crippen LogP contribution in [-0.4, -0.2) is 5.51 Å². The minimum absolute atomic E-state index is 0.00910. The lowest BCUT2D eigenvalue weighted by atomic mass is 10.2. The molecular weight excluding hydrogens is 279 g/mol. The Hall–Kier alpha value is -0.670. The van der Waals surface area contributed by atoms with E-state index in [2.05, 4.69) is 15.9 Å². The van der Waals surface area contributed by atoms with Gasteiger partial charge in [0.05, 0.1) is 5.56 Å². The third kappa shape index (κ3) is 2.93. The molecule has 0 amide bonds. The van der Waals surface area contributed by atoms with E-state index in [1.807, 2.05) is 0 Å². The zero-order chi connectivity index (χ0) is 10.8. The number of nitrogens with zero attached hydrogens (tertiary/aromatic N) is 1. The molecule has 1 aromatic carbocycles. The second-order valence-corrected chi connectivity index (χ2v) is 4.23. The largest absolute Gasteiger partial charge is 0.446 e. The SMILES string of the molecule is N#Cc1c(Br)cccc1SC(F)(F)F. The number of benzene rings is 1. The molecule has 0 aliphatic carbocycles. The van der Waals surface area contributed by atoms with Crippen LogP contribution in [0.2, 0.25) is 0 Å². The molecule has 1 rings (SSSR count). The van der Waals surface area contributed by atoms with Crippen molar-refractivity contribution in [1.82, 2.24) is 0 Å². The van der Waals surface area contributed by atoms with E-state index < -0.39 is 5.51 Å². The van der Waals surface area contributed by atoms with Gasteiger partial charge in [0.1, 0.15) is 6.07 Å². The highest BCUT2D eigenvalue weighted by molar-refractivity contribution is 9.10. The van der Waals surface area contributed by atoms with Gasteiger partial charge in [0, 0.05) is 9.37 Å². The molecule has 6 heteroatoms. The van der Waals surface area contributed by atoms with Gasteiger partial charge in [-0.1, -0.05) is 6.07 Å². The molecule has 74 valence electrons. The second-order valence-electron chi connectivity index (χ2n) is 2.27. The molecule has 0 bridgehead atoms. The lowest BCUT2D eigenvalue weighted by Crippen LogP contribution is -2.00. The van der Waals surface area contributed by atoms with Gasteiger partial charge in [0.2, 0.25) is 0 Å². The maximum Gasteiger partial charge on any atom is 0.446 e. The van der Waals surface area contributed by atoms with Crippen LogP contribution in [0.15, 0.2) is 27.6 Å². The fourth-order valence-electron chi connectivity index (χ4n) is 0.823. The van der Waals surface area contributed by atoms with Gasteiger partial charge < -0.3 is 0 Å². The summed E-state index contributed by atoms with van der Waals surface area (Å²) in [6, 6.07) is 5.97. The summed E-state index contributed by atoms with van der Waals surface area (Å²) in [6.45, 7) is 0. The number of alkyl halides is 3. The van der Waals surface area contributed by atoms with Crippen LogP contribution < -0.4 is 0 Å². The predicted octanol–water partition coefficient (Wildman–Crippen LogP) is 3.93. The smallest absolute Gasteiger partial charge is 0.192 e. The molecule has 0 spiro atoms. The third-order valence-electron chi connectivity index (χ3n) is 1.31. The Labute approximate surface area is 91.0 Å². The Morgan fingerprint density at radius 3 is 2.50 bits per heavy atom. The van der Waals surface area contributed by atoms with Crippen LogP contribution in [0, 0.1) is 11.3 Å². The third-order valence-corrected chi connectivity index (χ3v) is 2.77. The molecular formula is C8H3BrF3NS. The minimum Gasteiger partial charge on any atom is -0.192 e. The van der Waals surface area contributed by atoms with Crippen molar-refractivity contribution in [3.63, 3.8) is 0 Å². The fraction of sp³-hybridized carbons (Fsp3) is 0.125. The maximum atomic E-state index is 12.0. The van der Waals surface area contributed by atoms with Crippen LogP contribution in [0.3, 0.4) is 0 Å². The van der Waals surface area contributed by atoms with Gasteiger partial charge in [-0.15, -0.1) is 0 Å². The normalized spacial score (nSPS) is 11.1. The lowest BCUT2D eigenvalue weighted by molar-refractivity contribution is -0.0328. The van der Waals surface area contributed by atoms with Crippen molar-refractivity contribution in [2.75, 3.05) is 0 Å². The predicted molar refractivity (Wildman–Crippen MR) is 50.8 cm³/mol. The van der Waals surface area contributed by atoms with Crippen LogP contribution in [0.1, 0.15) is 5.56 Å². The summed E-state index contributed by atoms with van der Waals surface area (Å²) in [4.78, 5) is -0.0885. The zero-order valence-corrected chi connectivity index (χ0v) is 9.00. The van der Waals surface area contributed by atoms with Crippen molar-refractivity contribution in [3.8, 4) is 6.07 Å². The molecule has 14 heavy (non-hydrogen) atoms. The van der Waals surface area contributed by atoms with E-state index >= 15 is 0 Å². The van der Waals surface area contributed by atoms with Crippen LogP contribution >= 0.6 is 27.7 Å². The average Bonchev–Trinajstić information content (AvgIpc) is 2.01. The number of rotatable bonds is 1. The van der Waals surface area contributed by atoms with Crippen molar-refractivity contribution in [2.45, 2.75) is 10.4 Å². The molecule has 0 fully saturated rings. The van der Waals surface area contributed by atoms with E-state index in [9.17, 15) is 13.2 Å². The van der Waals surface area contributed by atoms with Crippen LogP contribution in [0.4, 0.5) is 13.2 Å². The van der Waals surface area contributed by atoms with Crippen molar-refractivity contribution in [1.29, 1.82) is 5.26 Å². The monoisotopic (exact) mass is 281 g/mol. The minimum atomic E-state index is -4.37. The molecule has 0 aliphatic rings. The average molecular weight is 282 g/mol. The van der Waals surface area contributed by atoms with E-state index in [0.29, 0.717) is 4.47 Å². The highest BCUT2D eigenvalue weighted by atomic mass is 79.9. The summed E-state index contributed by atoms with van der Waals surface area (Å²) in [5.74, 6) is 0. The van der Waals surface area contributed by atoms with Gasteiger partial charge in [-0.2, -0.15) is 18.4 Å². The number of halogens is 4. The van der Waals surface area contributed by atoms with E-state index in [-0.39, 0.29) is 22.2 Å². The molecule has 0 N–H and O–H groups in total. The molecule has 0 heterocycles. The standard InChI is InChI=1S/C8H3BrF3NS/c9-6-2-1-3-7(5(6)4-13)14-8(10,11)12/h1-3H. The Balaban J connectivity index is 3.10. The maximum absolute atomic E-state index is 12.0. The summed E-state index contributed by atoms with van der Waals surface area (Å²) in [6.07, 6.45) is 0. The van der Waals surface area contributed by atoms with Crippen molar-refractivity contribution in [2.24, 2.45) is 0 Å². The van der Waals surface area contributed by atoms with Crippen molar-refractivity contribution in [3.05, 3.63) is 28.2 Å². The first-order chi connectivity index (χ1) is 6.44. The second kappa shape index (κ2) is 4.24. The van der Waals surface area contributed by atoms with Crippen LogP contribution in [-0.2, 0) is 0 Å². The molecule has 1 aromatic rings.